The second kappa shape index (κ2) is 6.69. The van der Waals surface area contributed by atoms with E-state index >= 15 is 0 Å². The second-order valence-corrected chi connectivity index (χ2v) is 4.72. The zero-order valence-corrected chi connectivity index (χ0v) is 11.0. The van der Waals surface area contributed by atoms with Crippen molar-refractivity contribution in [2.24, 2.45) is 13.0 Å². The summed E-state index contributed by atoms with van der Waals surface area (Å²) in [7, 11) is 4.04. The van der Waals surface area contributed by atoms with Crippen molar-refractivity contribution in [3.8, 4) is 0 Å². The molecule has 1 heterocycles. The van der Waals surface area contributed by atoms with Gasteiger partial charge in [-0.2, -0.15) is 5.10 Å². The lowest BCUT2D eigenvalue weighted by Gasteiger charge is -2.22. The van der Waals surface area contributed by atoms with E-state index in [9.17, 15) is 0 Å². The molecule has 0 saturated carbocycles. The Balaban J connectivity index is 2.39. The summed E-state index contributed by atoms with van der Waals surface area (Å²) in [5.74, 6) is 0.756. The normalized spacial score (nSPS) is 15.0. The van der Waals surface area contributed by atoms with Gasteiger partial charge in [0.15, 0.2) is 0 Å². The number of aryl methyl sites for hydroxylation is 2. The van der Waals surface area contributed by atoms with Crippen LogP contribution >= 0.6 is 0 Å². The average molecular weight is 223 g/mol. The minimum absolute atomic E-state index is 0.625. The molecule has 2 atom stereocenters. The zero-order chi connectivity index (χ0) is 12.0. The van der Waals surface area contributed by atoms with Crippen LogP contribution in [0.25, 0.3) is 0 Å². The van der Waals surface area contributed by atoms with Gasteiger partial charge >= 0.3 is 0 Å². The topological polar surface area (TPSA) is 29.9 Å². The lowest BCUT2D eigenvalue weighted by Crippen LogP contribution is -2.32. The summed E-state index contributed by atoms with van der Waals surface area (Å²) in [6.45, 7) is 4.60. The SMILES string of the molecule is CCCC(C)C(CCc1cnn(C)c1)NC. The first-order valence-corrected chi connectivity index (χ1v) is 6.32. The van der Waals surface area contributed by atoms with Crippen LogP contribution in [0.4, 0.5) is 0 Å². The van der Waals surface area contributed by atoms with E-state index in [-0.39, 0.29) is 0 Å². The molecule has 92 valence electrons. The van der Waals surface area contributed by atoms with E-state index in [1.165, 1.54) is 24.8 Å². The molecular weight excluding hydrogens is 198 g/mol. The van der Waals surface area contributed by atoms with Gasteiger partial charge in [0.05, 0.1) is 6.20 Å². The van der Waals surface area contributed by atoms with Crippen LogP contribution in [0.1, 0.15) is 38.7 Å². The van der Waals surface area contributed by atoms with E-state index in [0.29, 0.717) is 6.04 Å². The Morgan fingerprint density at radius 2 is 2.19 bits per heavy atom. The molecule has 1 aromatic rings. The number of hydrogen-bond donors (Lipinski definition) is 1. The van der Waals surface area contributed by atoms with E-state index in [1.807, 2.05) is 17.9 Å². The van der Waals surface area contributed by atoms with Crippen LogP contribution in [-0.2, 0) is 13.5 Å². The van der Waals surface area contributed by atoms with Gasteiger partial charge in [-0.25, -0.2) is 0 Å². The van der Waals surface area contributed by atoms with Gasteiger partial charge < -0.3 is 5.32 Å². The Morgan fingerprint density at radius 3 is 2.69 bits per heavy atom. The first kappa shape index (κ1) is 13.2. The van der Waals surface area contributed by atoms with Crippen LogP contribution in [-0.4, -0.2) is 22.9 Å². The van der Waals surface area contributed by atoms with E-state index in [2.05, 4.69) is 37.5 Å². The van der Waals surface area contributed by atoms with Crippen molar-refractivity contribution in [2.75, 3.05) is 7.05 Å². The lowest BCUT2D eigenvalue weighted by molar-refractivity contribution is 0.355. The summed E-state index contributed by atoms with van der Waals surface area (Å²) >= 11 is 0. The van der Waals surface area contributed by atoms with Gasteiger partial charge in [0.25, 0.3) is 0 Å². The first-order valence-electron chi connectivity index (χ1n) is 6.32. The average Bonchev–Trinajstić information content (AvgIpc) is 2.65. The standard InChI is InChI=1S/C13H25N3/c1-5-6-11(2)13(14-3)8-7-12-9-15-16(4)10-12/h9-11,13-14H,5-8H2,1-4H3. The predicted octanol–water partition coefficient (Wildman–Crippen LogP) is 2.38. The highest BCUT2D eigenvalue weighted by atomic mass is 15.2. The highest BCUT2D eigenvalue weighted by Gasteiger charge is 2.14. The van der Waals surface area contributed by atoms with Crippen molar-refractivity contribution in [3.05, 3.63) is 18.0 Å². The molecule has 1 rings (SSSR count). The maximum Gasteiger partial charge on any atom is 0.0521 e. The van der Waals surface area contributed by atoms with Crippen LogP contribution < -0.4 is 5.32 Å². The summed E-state index contributed by atoms with van der Waals surface area (Å²) in [6, 6.07) is 0.625. The molecule has 0 amide bonds. The molecular formula is C13H25N3. The number of aromatic nitrogens is 2. The predicted molar refractivity (Wildman–Crippen MR) is 68.4 cm³/mol. The van der Waals surface area contributed by atoms with Crippen LogP contribution in [0.15, 0.2) is 12.4 Å². The third-order valence-electron chi connectivity index (χ3n) is 3.30. The first-order chi connectivity index (χ1) is 7.67. The molecule has 0 radical (unpaired) electrons. The molecule has 0 aromatic carbocycles. The van der Waals surface area contributed by atoms with Crippen molar-refractivity contribution in [1.29, 1.82) is 0 Å². The second-order valence-electron chi connectivity index (χ2n) is 4.72. The molecule has 2 unspecified atom stereocenters. The molecule has 1 N–H and O–H groups in total. The largest absolute Gasteiger partial charge is 0.317 e. The zero-order valence-electron chi connectivity index (χ0n) is 11.0. The third-order valence-corrected chi connectivity index (χ3v) is 3.30. The van der Waals surface area contributed by atoms with Crippen molar-refractivity contribution >= 4 is 0 Å². The van der Waals surface area contributed by atoms with Gasteiger partial charge in [0.1, 0.15) is 0 Å². The monoisotopic (exact) mass is 223 g/mol. The Morgan fingerprint density at radius 1 is 1.44 bits per heavy atom. The van der Waals surface area contributed by atoms with E-state index in [0.717, 1.165) is 12.3 Å². The van der Waals surface area contributed by atoms with Gasteiger partial charge in [0.2, 0.25) is 0 Å². The summed E-state index contributed by atoms with van der Waals surface area (Å²) in [6.07, 6.45) is 8.97. The van der Waals surface area contributed by atoms with E-state index < -0.39 is 0 Å². The highest BCUT2D eigenvalue weighted by molar-refractivity contribution is 5.04. The highest BCUT2D eigenvalue weighted by Crippen LogP contribution is 2.15. The fraction of sp³-hybridized carbons (Fsp3) is 0.769. The Bertz CT molecular complexity index is 293. The minimum atomic E-state index is 0.625. The fourth-order valence-electron chi connectivity index (χ4n) is 2.29. The van der Waals surface area contributed by atoms with Crippen LogP contribution in [0.2, 0.25) is 0 Å². The third kappa shape index (κ3) is 3.97. The quantitative estimate of drug-likeness (QED) is 0.769. The molecule has 16 heavy (non-hydrogen) atoms. The van der Waals surface area contributed by atoms with E-state index in [4.69, 9.17) is 0 Å². The lowest BCUT2D eigenvalue weighted by atomic mass is 9.92. The van der Waals surface area contributed by atoms with E-state index in [1.54, 1.807) is 0 Å². The van der Waals surface area contributed by atoms with Gasteiger partial charge in [-0.15, -0.1) is 0 Å². The van der Waals surface area contributed by atoms with Gasteiger partial charge in [0, 0.05) is 19.3 Å². The van der Waals surface area contributed by atoms with Gasteiger partial charge in [-0.05, 0) is 37.8 Å². The molecule has 0 aliphatic rings. The molecule has 0 saturated heterocycles. The number of hydrogen-bond acceptors (Lipinski definition) is 2. The maximum atomic E-state index is 4.20. The maximum absolute atomic E-state index is 4.20. The van der Waals surface area contributed by atoms with Crippen molar-refractivity contribution < 1.29 is 0 Å². The number of rotatable bonds is 7. The molecule has 1 aromatic heterocycles. The molecule has 0 fully saturated rings. The molecule has 0 aliphatic carbocycles. The van der Waals surface area contributed by atoms with Gasteiger partial charge in [-0.3, -0.25) is 4.68 Å². The Labute approximate surface area is 99.2 Å². The molecule has 3 nitrogen and oxygen atoms in total. The molecule has 3 heteroatoms. The smallest absolute Gasteiger partial charge is 0.0521 e. The van der Waals surface area contributed by atoms with Crippen molar-refractivity contribution in [3.63, 3.8) is 0 Å². The van der Waals surface area contributed by atoms with Crippen molar-refractivity contribution in [1.82, 2.24) is 15.1 Å². The molecule has 0 spiro atoms. The summed E-state index contributed by atoms with van der Waals surface area (Å²) in [5.41, 5.74) is 1.34. The van der Waals surface area contributed by atoms with Crippen LogP contribution in [0.5, 0.6) is 0 Å². The number of nitrogens with zero attached hydrogens (tertiary/aromatic N) is 2. The summed E-state index contributed by atoms with van der Waals surface area (Å²) < 4.78 is 1.87. The van der Waals surface area contributed by atoms with Crippen molar-refractivity contribution in [2.45, 2.75) is 45.6 Å². The Hall–Kier alpha value is -0.830. The minimum Gasteiger partial charge on any atom is -0.317 e. The summed E-state index contributed by atoms with van der Waals surface area (Å²) in [5, 5.41) is 7.63. The molecule has 0 bridgehead atoms. The van der Waals surface area contributed by atoms with Gasteiger partial charge in [-0.1, -0.05) is 20.3 Å². The summed E-state index contributed by atoms with van der Waals surface area (Å²) in [4.78, 5) is 0. The molecule has 0 aliphatic heterocycles. The van der Waals surface area contributed by atoms with Crippen LogP contribution in [0, 0.1) is 5.92 Å². The Kier molecular flexibility index (Phi) is 5.53. The fourth-order valence-corrected chi connectivity index (χ4v) is 2.29. The number of nitrogens with one attached hydrogen (secondary N) is 1. The van der Waals surface area contributed by atoms with Crippen LogP contribution in [0.3, 0.4) is 0 Å².